The van der Waals surface area contributed by atoms with Crippen molar-refractivity contribution in [2.75, 3.05) is 5.32 Å². The third-order valence-electron chi connectivity index (χ3n) is 3.83. The molecule has 0 atom stereocenters. The molecule has 1 aromatic carbocycles. The number of aromatic nitrogens is 1. The molecule has 20 heavy (non-hydrogen) atoms. The Morgan fingerprint density at radius 3 is 2.95 bits per heavy atom. The van der Waals surface area contributed by atoms with Crippen molar-refractivity contribution in [2.45, 2.75) is 12.8 Å². The topological polar surface area (TPSA) is 42.0 Å². The number of nitrogens with one attached hydrogen (secondary N) is 1. The zero-order valence-electron chi connectivity index (χ0n) is 10.6. The van der Waals surface area contributed by atoms with Crippen LogP contribution in [0.4, 0.5) is 5.69 Å². The van der Waals surface area contributed by atoms with Crippen LogP contribution >= 0.6 is 15.9 Å². The van der Waals surface area contributed by atoms with Crippen molar-refractivity contribution < 1.29 is 4.79 Å². The Morgan fingerprint density at radius 1 is 1.15 bits per heavy atom. The van der Waals surface area contributed by atoms with Crippen LogP contribution in [0.1, 0.15) is 23.2 Å². The number of carbonyl (C=O) groups is 1. The average Bonchev–Trinajstić information content (AvgIpc) is 2.70. The van der Waals surface area contributed by atoms with Crippen molar-refractivity contribution >= 4 is 38.7 Å². The molecule has 0 fully saturated rings. The molecule has 3 nitrogen and oxygen atoms in total. The molecule has 2 heterocycles. The lowest BCUT2D eigenvalue weighted by Crippen LogP contribution is -2.11. The van der Waals surface area contributed by atoms with E-state index in [1.807, 2.05) is 18.2 Å². The van der Waals surface area contributed by atoms with Crippen molar-refractivity contribution in [2.24, 2.45) is 0 Å². The molecule has 0 saturated carbocycles. The molecule has 1 aromatic heterocycles. The minimum absolute atomic E-state index is 0.0251. The highest BCUT2D eigenvalue weighted by atomic mass is 79.9. The number of halogens is 1. The van der Waals surface area contributed by atoms with Crippen LogP contribution in [0.5, 0.6) is 0 Å². The summed E-state index contributed by atoms with van der Waals surface area (Å²) in [5.74, 6) is 0.0251. The summed E-state index contributed by atoms with van der Waals surface area (Å²) in [6.45, 7) is 0. The Labute approximate surface area is 124 Å². The molecule has 0 bridgehead atoms. The molecule has 4 rings (SSSR count). The summed E-state index contributed by atoms with van der Waals surface area (Å²) in [5, 5.41) is 2.94. The first-order valence-electron chi connectivity index (χ1n) is 6.48. The van der Waals surface area contributed by atoms with E-state index in [9.17, 15) is 4.79 Å². The maximum atomic E-state index is 12.1. The minimum Gasteiger partial charge on any atom is -0.324 e. The second-order valence-electron chi connectivity index (χ2n) is 5.06. The van der Waals surface area contributed by atoms with Gasteiger partial charge in [0.15, 0.2) is 0 Å². The zero-order chi connectivity index (χ0) is 13.7. The second-order valence-corrected chi connectivity index (χ2v) is 5.98. The SMILES string of the molecule is O=C1CC2=C(Cc3ccc(Br)cc32)c2ncccc2N1. The zero-order valence-corrected chi connectivity index (χ0v) is 12.2. The summed E-state index contributed by atoms with van der Waals surface area (Å²) in [4.78, 5) is 16.6. The van der Waals surface area contributed by atoms with Crippen LogP contribution in [0.2, 0.25) is 0 Å². The van der Waals surface area contributed by atoms with Crippen LogP contribution in [-0.2, 0) is 11.2 Å². The Bertz CT molecular complexity index is 780. The lowest BCUT2D eigenvalue weighted by atomic mass is 10.0. The molecular formula is C16H11BrN2O. The molecule has 2 aromatic rings. The van der Waals surface area contributed by atoms with Gasteiger partial charge in [-0.2, -0.15) is 0 Å². The highest BCUT2D eigenvalue weighted by molar-refractivity contribution is 9.10. The van der Waals surface area contributed by atoms with E-state index in [0.29, 0.717) is 6.42 Å². The first kappa shape index (κ1) is 11.9. The quantitative estimate of drug-likeness (QED) is 0.802. The smallest absolute Gasteiger partial charge is 0.228 e. The number of allylic oxidation sites excluding steroid dienone is 1. The van der Waals surface area contributed by atoms with Gasteiger partial charge in [0.1, 0.15) is 0 Å². The number of amides is 1. The molecule has 1 aliphatic heterocycles. The van der Waals surface area contributed by atoms with Crippen LogP contribution in [0, 0.1) is 0 Å². The summed E-state index contributed by atoms with van der Waals surface area (Å²) < 4.78 is 1.04. The van der Waals surface area contributed by atoms with Crippen molar-refractivity contribution in [3.63, 3.8) is 0 Å². The molecule has 1 N–H and O–H groups in total. The highest BCUT2D eigenvalue weighted by Gasteiger charge is 2.29. The Hall–Kier alpha value is -1.94. The maximum Gasteiger partial charge on any atom is 0.228 e. The van der Waals surface area contributed by atoms with Gasteiger partial charge in [-0.05, 0) is 46.5 Å². The number of pyridine rings is 1. The monoisotopic (exact) mass is 326 g/mol. The van der Waals surface area contributed by atoms with Crippen LogP contribution in [0.3, 0.4) is 0 Å². The molecular weight excluding hydrogens is 316 g/mol. The molecule has 98 valence electrons. The van der Waals surface area contributed by atoms with Crippen molar-refractivity contribution in [1.82, 2.24) is 4.98 Å². The van der Waals surface area contributed by atoms with Crippen LogP contribution < -0.4 is 5.32 Å². The van der Waals surface area contributed by atoms with E-state index in [-0.39, 0.29) is 5.91 Å². The first-order valence-corrected chi connectivity index (χ1v) is 7.28. The fourth-order valence-electron chi connectivity index (χ4n) is 2.97. The van der Waals surface area contributed by atoms with E-state index >= 15 is 0 Å². The number of fused-ring (bicyclic) bond motifs is 4. The van der Waals surface area contributed by atoms with Gasteiger partial charge in [-0.1, -0.05) is 22.0 Å². The highest BCUT2D eigenvalue weighted by Crippen LogP contribution is 2.43. The third kappa shape index (κ3) is 1.72. The summed E-state index contributed by atoms with van der Waals surface area (Å²) in [6, 6.07) is 10.0. The number of benzene rings is 1. The van der Waals surface area contributed by atoms with Gasteiger partial charge >= 0.3 is 0 Å². The van der Waals surface area contributed by atoms with Gasteiger partial charge < -0.3 is 5.32 Å². The summed E-state index contributed by atoms with van der Waals surface area (Å²) in [7, 11) is 0. The van der Waals surface area contributed by atoms with E-state index in [0.717, 1.165) is 27.8 Å². The Morgan fingerprint density at radius 2 is 2.05 bits per heavy atom. The van der Waals surface area contributed by atoms with Gasteiger partial charge in [-0.25, -0.2) is 0 Å². The standard InChI is InChI=1S/C16H11BrN2O/c17-10-4-3-9-6-13-12(11(9)7-10)8-15(20)19-14-2-1-5-18-16(13)14/h1-5,7H,6,8H2,(H,19,20). The molecule has 0 radical (unpaired) electrons. The van der Waals surface area contributed by atoms with E-state index < -0.39 is 0 Å². The van der Waals surface area contributed by atoms with Crippen LogP contribution in [0.25, 0.3) is 11.1 Å². The molecule has 0 unspecified atom stereocenters. The third-order valence-corrected chi connectivity index (χ3v) is 4.33. The minimum atomic E-state index is 0.0251. The average molecular weight is 327 g/mol. The van der Waals surface area contributed by atoms with Crippen molar-refractivity contribution in [3.8, 4) is 0 Å². The van der Waals surface area contributed by atoms with E-state index in [1.54, 1.807) is 6.20 Å². The molecule has 4 heteroatoms. The molecule has 1 amide bonds. The largest absolute Gasteiger partial charge is 0.324 e. The van der Waals surface area contributed by atoms with Gasteiger partial charge in [-0.3, -0.25) is 9.78 Å². The molecule has 0 spiro atoms. The molecule has 1 aliphatic carbocycles. The summed E-state index contributed by atoms with van der Waals surface area (Å²) in [6.07, 6.45) is 3.03. The fourth-order valence-corrected chi connectivity index (χ4v) is 3.33. The predicted molar refractivity (Wildman–Crippen MR) is 82.1 cm³/mol. The number of nitrogens with zero attached hydrogens (tertiary/aromatic N) is 1. The number of carbonyl (C=O) groups excluding carboxylic acids is 1. The van der Waals surface area contributed by atoms with Crippen LogP contribution in [0.15, 0.2) is 41.0 Å². The molecule has 0 saturated heterocycles. The number of hydrogen-bond donors (Lipinski definition) is 1. The molecule has 2 aliphatic rings. The van der Waals surface area contributed by atoms with Gasteiger partial charge in [0.25, 0.3) is 0 Å². The van der Waals surface area contributed by atoms with E-state index in [1.165, 1.54) is 16.7 Å². The lowest BCUT2D eigenvalue weighted by molar-refractivity contribution is -0.115. The summed E-state index contributed by atoms with van der Waals surface area (Å²) in [5.41, 5.74) is 6.44. The Balaban J connectivity index is 1.97. The van der Waals surface area contributed by atoms with Crippen molar-refractivity contribution in [3.05, 3.63) is 57.8 Å². The van der Waals surface area contributed by atoms with E-state index in [4.69, 9.17) is 0 Å². The van der Waals surface area contributed by atoms with E-state index in [2.05, 4.69) is 38.4 Å². The van der Waals surface area contributed by atoms with Gasteiger partial charge in [0.05, 0.1) is 17.8 Å². The Kier molecular flexibility index (Phi) is 2.54. The lowest BCUT2D eigenvalue weighted by Gasteiger charge is -2.07. The maximum absolute atomic E-state index is 12.1. The fraction of sp³-hybridized carbons (Fsp3) is 0.125. The summed E-state index contributed by atoms with van der Waals surface area (Å²) >= 11 is 3.51. The second kappa shape index (κ2) is 4.28. The number of anilines is 1. The number of hydrogen-bond acceptors (Lipinski definition) is 2. The van der Waals surface area contributed by atoms with Gasteiger partial charge in [0.2, 0.25) is 5.91 Å². The number of rotatable bonds is 0. The first-order chi connectivity index (χ1) is 9.72. The van der Waals surface area contributed by atoms with Crippen LogP contribution in [-0.4, -0.2) is 10.9 Å². The van der Waals surface area contributed by atoms with Gasteiger partial charge in [-0.15, -0.1) is 0 Å². The van der Waals surface area contributed by atoms with Gasteiger partial charge in [0, 0.05) is 17.1 Å². The normalized spacial score (nSPS) is 16.1. The predicted octanol–water partition coefficient (Wildman–Crippen LogP) is 3.65. The van der Waals surface area contributed by atoms with Crippen molar-refractivity contribution in [1.29, 1.82) is 0 Å².